The first kappa shape index (κ1) is 12.0. The minimum atomic E-state index is -0.132. The van der Waals surface area contributed by atoms with Crippen LogP contribution in [0.1, 0.15) is 12.0 Å². The fraction of sp³-hybridized carbons (Fsp3) is 0.500. The molecule has 1 aliphatic heterocycles. The van der Waals surface area contributed by atoms with E-state index in [0.29, 0.717) is 12.6 Å². The van der Waals surface area contributed by atoms with Gasteiger partial charge in [-0.1, -0.05) is 22.0 Å². The molecule has 0 aliphatic carbocycles. The van der Waals surface area contributed by atoms with Gasteiger partial charge in [-0.25, -0.2) is 4.39 Å². The van der Waals surface area contributed by atoms with E-state index in [1.807, 2.05) is 12.1 Å². The van der Waals surface area contributed by atoms with E-state index >= 15 is 0 Å². The van der Waals surface area contributed by atoms with Crippen molar-refractivity contribution < 1.29 is 4.39 Å². The molecule has 1 aliphatic rings. The number of benzene rings is 1. The van der Waals surface area contributed by atoms with E-state index in [2.05, 4.69) is 33.2 Å². The molecule has 0 aromatic heterocycles. The lowest BCUT2D eigenvalue weighted by molar-refractivity contribution is 0.245. The molecule has 1 unspecified atom stereocenters. The molecule has 1 fully saturated rings. The lowest BCUT2D eigenvalue weighted by atomic mass is 10.1. The zero-order chi connectivity index (χ0) is 11.5. The Kier molecular flexibility index (Phi) is 3.95. The summed E-state index contributed by atoms with van der Waals surface area (Å²) in [6.07, 6.45) is 1.15. The first-order valence-corrected chi connectivity index (χ1v) is 6.31. The monoisotopic (exact) mass is 286 g/mol. The van der Waals surface area contributed by atoms with Gasteiger partial charge in [0.1, 0.15) is 5.82 Å². The first-order valence-electron chi connectivity index (χ1n) is 5.51. The average Bonchev–Trinajstić information content (AvgIpc) is 2.75. The second kappa shape index (κ2) is 5.25. The Hall–Kier alpha value is -0.450. The van der Waals surface area contributed by atoms with Crippen LogP contribution in [0.4, 0.5) is 4.39 Å². The molecule has 1 aromatic rings. The van der Waals surface area contributed by atoms with Crippen molar-refractivity contribution in [3.63, 3.8) is 0 Å². The third-order valence-electron chi connectivity index (χ3n) is 3.09. The summed E-state index contributed by atoms with van der Waals surface area (Å²) in [7, 11) is 2.05. The van der Waals surface area contributed by atoms with E-state index in [4.69, 9.17) is 0 Å². The Balaban J connectivity index is 2.02. The molecular formula is C12H16BrFN2. The van der Waals surface area contributed by atoms with Crippen LogP contribution >= 0.6 is 15.9 Å². The highest BCUT2D eigenvalue weighted by atomic mass is 79.9. The molecule has 0 bridgehead atoms. The van der Waals surface area contributed by atoms with Gasteiger partial charge in [0.15, 0.2) is 0 Å². The predicted molar refractivity (Wildman–Crippen MR) is 66.8 cm³/mol. The van der Waals surface area contributed by atoms with Crippen molar-refractivity contribution in [2.75, 3.05) is 20.1 Å². The maximum atomic E-state index is 13.6. The van der Waals surface area contributed by atoms with Gasteiger partial charge in [-0.2, -0.15) is 0 Å². The summed E-state index contributed by atoms with van der Waals surface area (Å²) in [5, 5.41) is 3.32. The van der Waals surface area contributed by atoms with Crippen LogP contribution in [0.15, 0.2) is 22.7 Å². The Morgan fingerprint density at radius 1 is 1.56 bits per heavy atom. The lowest BCUT2D eigenvalue weighted by Gasteiger charge is -2.23. The first-order chi connectivity index (χ1) is 7.66. The molecule has 0 radical (unpaired) electrons. The van der Waals surface area contributed by atoms with Gasteiger partial charge in [0.2, 0.25) is 0 Å². The summed E-state index contributed by atoms with van der Waals surface area (Å²) in [5.41, 5.74) is 0.762. The van der Waals surface area contributed by atoms with Gasteiger partial charge in [-0.15, -0.1) is 0 Å². The van der Waals surface area contributed by atoms with Crippen molar-refractivity contribution in [2.45, 2.75) is 19.0 Å². The number of halogens is 2. The smallest absolute Gasteiger partial charge is 0.128 e. The molecule has 2 nitrogen and oxygen atoms in total. The Morgan fingerprint density at radius 2 is 2.38 bits per heavy atom. The Morgan fingerprint density at radius 3 is 3.00 bits per heavy atom. The second-order valence-electron chi connectivity index (χ2n) is 4.30. The van der Waals surface area contributed by atoms with Gasteiger partial charge in [0.25, 0.3) is 0 Å². The van der Waals surface area contributed by atoms with Gasteiger partial charge in [-0.3, -0.25) is 4.90 Å². The van der Waals surface area contributed by atoms with Crippen LogP contribution < -0.4 is 5.32 Å². The third-order valence-corrected chi connectivity index (χ3v) is 3.59. The van der Waals surface area contributed by atoms with E-state index in [-0.39, 0.29) is 5.82 Å². The van der Waals surface area contributed by atoms with E-state index in [1.54, 1.807) is 0 Å². The number of nitrogens with zero attached hydrogens (tertiary/aromatic N) is 1. The molecule has 4 heteroatoms. The lowest BCUT2D eigenvalue weighted by Crippen LogP contribution is -2.33. The molecule has 1 N–H and O–H groups in total. The molecular weight excluding hydrogens is 271 g/mol. The van der Waals surface area contributed by atoms with Crippen LogP contribution in [0.5, 0.6) is 0 Å². The molecule has 0 amide bonds. The van der Waals surface area contributed by atoms with Crippen LogP contribution in [0.25, 0.3) is 0 Å². The molecule has 1 aromatic carbocycles. The zero-order valence-corrected chi connectivity index (χ0v) is 10.9. The number of likely N-dealkylation sites (N-methyl/N-ethyl adjacent to an activating group) is 1. The maximum Gasteiger partial charge on any atom is 0.128 e. The Bertz CT molecular complexity index is 364. The van der Waals surface area contributed by atoms with E-state index < -0.39 is 0 Å². The molecule has 2 rings (SSSR count). The normalized spacial score (nSPS) is 20.6. The van der Waals surface area contributed by atoms with Gasteiger partial charge in [-0.05, 0) is 32.1 Å². The van der Waals surface area contributed by atoms with Crippen LogP contribution in [-0.4, -0.2) is 31.1 Å². The quantitative estimate of drug-likeness (QED) is 0.918. The van der Waals surface area contributed by atoms with Crippen molar-refractivity contribution in [3.05, 3.63) is 34.1 Å². The van der Waals surface area contributed by atoms with Crippen molar-refractivity contribution in [1.82, 2.24) is 10.2 Å². The van der Waals surface area contributed by atoms with Crippen molar-refractivity contribution >= 4 is 15.9 Å². The van der Waals surface area contributed by atoms with E-state index in [9.17, 15) is 4.39 Å². The summed E-state index contributed by atoms with van der Waals surface area (Å²) in [5.74, 6) is -0.132. The van der Waals surface area contributed by atoms with Gasteiger partial charge in [0, 0.05) is 29.2 Å². The van der Waals surface area contributed by atoms with Crippen LogP contribution in [0.3, 0.4) is 0 Å². The number of hydrogen-bond donors (Lipinski definition) is 1. The number of nitrogens with one attached hydrogen (secondary N) is 1. The molecule has 1 atom stereocenters. The highest BCUT2D eigenvalue weighted by molar-refractivity contribution is 9.10. The van der Waals surface area contributed by atoms with Crippen molar-refractivity contribution in [1.29, 1.82) is 0 Å². The zero-order valence-electron chi connectivity index (χ0n) is 9.34. The van der Waals surface area contributed by atoms with Gasteiger partial charge >= 0.3 is 0 Å². The molecule has 0 spiro atoms. The molecule has 0 saturated carbocycles. The van der Waals surface area contributed by atoms with Crippen LogP contribution in [0, 0.1) is 5.82 Å². The highest BCUT2D eigenvalue weighted by Gasteiger charge is 2.19. The Labute approximate surface area is 104 Å². The van der Waals surface area contributed by atoms with Crippen LogP contribution in [-0.2, 0) is 6.54 Å². The fourth-order valence-corrected chi connectivity index (χ4v) is 2.40. The fourth-order valence-electron chi connectivity index (χ4n) is 2.06. The summed E-state index contributed by atoms with van der Waals surface area (Å²) in [4.78, 5) is 2.21. The highest BCUT2D eigenvalue weighted by Crippen LogP contribution is 2.18. The minimum Gasteiger partial charge on any atom is -0.315 e. The average molecular weight is 287 g/mol. The summed E-state index contributed by atoms with van der Waals surface area (Å²) < 4.78 is 14.4. The minimum absolute atomic E-state index is 0.132. The van der Waals surface area contributed by atoms with Crippen LogP contribution in [0.2, 0.25) is 0 Å². The maximum absolute atomic E-state index is 13.6. The second-order valence-corrected chi connectivity index (χ2v) is 5.21. The van der Waals surface area contributed by atoms with Crippen molar-refractivity contribution in [2.24, 2.45) is 0 Å². The molecule has 16 heavy (non-hydrogen) atoms. The van der Waals surface area contributed by atoms with Crippen molar-refractivity contribution in [3.8, 4) is 0 Å². The summed E-state index contributed by atoms with van der Waals surface area (Å²) >= 11 is 3.27. The SMILES string of the molecule is CN(Cc1ccc(Br)cc1F)C1CCNC1. The largest absolute Gasteiger partial charge is 0.315 e. The summed E-state index contributed by atoms with van der Waals surface area (Å²) in [6.45, 7) is 2.75. The third kappa shape index (κ3) is 2.81. The number of rotatable bonds is 3. The number of hydrogen-bond acceptors (Lipinski definition) is 2. The molecule has 1 heterocycles. The van der Waals surface area contributed by atoms with E-state index in [0.717, 1.165) is 29.5 Å². The molecule has 88 valence electrons. The predicted octanol–water partition coefficient (Wildman–Crippen LogP) is 2.38. The summed E-state index contributed by atoms with van der Waals surface area (Å²) in [6, 6.07) is 5.79. The van der Waals surface area contributed by atoms with Gasteiger partial charge < -0.3 is 5.32 Å². The van der Waals surface area contributed by atoms with Gasteiger partial charge in [0.05, 0.1) is 0 Å². The molecule has 1 saturated heterocycles. The van der Waals surface area contributed by atoms with E-state index in [1.165, 1.54) is 6.07 Å². The standard InChI is InChI=1S/C12H16BrFN2/c1-16(11-4-5-15-7-11)8-9-2-3-10(13)6-12(9)14/h2-3,6,11,15H,4-5,7-8H2,1H3. The topological polar surface area (TPSA) is 15.3 Å².